The first-order valence-electron chi connectivity index (χ1n) is 13.6. The Kier molecular flexibility index (Phi) is 8.56. The second-order valence-electron chi connectivity index (χ2n) is 9.71. The van der Waals surface area contributed by atoms with Crippen molar-refractivity contribution >= 4 is 56.9 Å². The molecule has 208 valence electrons. The monoisotopic (exact) mass is 550 g/mol. The molecule has 0 amide bonds. The van der Waals surface area contributed by atoms with Crippen LogP contribution in [-0.4, -0.2) is 0 Å². The minimum Gasteiger partial charge on any atom is -0.399 e. The van der Waals surface area contributed by atoms with Gasteiger partial charge in [0.05, 0.1) is 0 Å². The van der Waals surface area contributed by atoms with Crippen LogP contribution >= 0.6 is 0 Å². The van der Waals surface area contributed by atoms with Crippen LogP contribution < -0.4 is 32.7 Å². The molecule has 6 heteroatoms. The lowest BCUT2D eigenvalue weighted by Gasteiger charge is -2.25. The van der Waals surface area contributed by atoms with Gasteiger partial charge in [0.2, 0.25) is 0 Å². The summed E-state index contributed by atoms with van der Waals surface area (Å²) in [7, 11) is 0. The molecule has 0 aliphatic carbocycles. The average molecular weight is 551 g/mol. The van der Waals surface area contributed by atoms with Gasteiger partial charge in [0, 0.05) is 56.9 Å². The Hall–Kier alpha value is -5.88. The first-order valence-corrected chi connectivity index (χ1v) is 13.6. The fourth-order valence-corrected chi connectivity index (χ4v) is 4.54. The Labute approximate surface area is 247 Å². The molecule has 8 N–H and O–H groups in total. The van der Waals surface area contributed by atoms with Gasteiger partial charge in [-0.15, -0.1) is 0 Å². The number of nitrogen functional groups attached to an aromatic ring is 4. The Morgan fingerprint density at radius 3 is 0.643 bits per heavy atom. The maximum atomic E-state index is 5.79. The van der Waals surface area contributed by atoms with E-state index < -0.39 is 0 Å². The molecule has 6 aromatic carbocycles. The van der Waals surface area contributed by atoms with E-state index in [0.717, 1.165) is 56.9 Å². The molecule has 0 saturated heterocycles. The Bertz CT molecular complexity index is 1450. The van der Waals surface area contributed by atoms with Gasteiger partial charge in [0.25, 0.3) is 0 Å². The van der Waals surface area contributed by atoms with Crippen molar-refractivity contribution in [2.75, 3.05) is 32.7 Å². The summed E-state index contributed by atoms with van der Waals surface area (Å²) in [6.07, 6.45) is 0. The van der Waals surface area contributed by atoms with Gasteiger partial charge in [-0.3, -0.25) is 0 Å². The standard InChI is InChI=1S/2C18H17N3/c2*19-14-6-10-17(11-7-14)21(16-4-2-1-3-5-16)18-12-8-15(20)9-13-18/h2*1-13H,19-20H2. The molecule has 0 aliphatic rings. The quantitative estimate of drug-likeness (QED) is 0.154. The van der Waals surface area contributed by atoms with Gasteiger partial charge >= 0.3 is 0 Å². The van der Waals surface area contributed by atoms with Crippen LogP contribution in [0.25, 0.3) is 0 Å². The van der Waals surface area contributed by atoms with E-state index in [2.05, 4.69) is 34.1 Å². The zero-order valence-corrected chi connectivity index (χ0v) is 23.2. The molecule has 0 unspecified atom stereocenters. The molecule has 0 bridgehead atoms. The molecule has 0 saturated carbocycles. The molecular formula is C36H34N6. The van der Waals surface area contributed by atoms with Crippen LogP contribution in [0.5, 0.6) is 0 Å². The van der Waals surface area contributed by atoms with Gasteiger partial charge in [-0.2, -0.15) is 0 Å². The predicted molar refractivity (Wildman–Crippen MR) is 180 cm³/mol. The zero-order chi connectivity index (χ0) is 29.3. The summed E-state index contributed by atoms with van der Waals surface area (Å²) in [6.45, 7) is 0. The van der Waals surface area contributed by atoms with E-state index in [9.17, 15) is 0 Å². The largest absolute Gasteiger partial charge is 0.399 e. The van der Waals surface area contributed by atoms with Gasteiger partial charge in [-0.05, 0) is 121 Å². The first kappa shape index (κ1) is 27.7. The number of hydrogen-bond donors (Lipinski definition) is 4. The number of nitrogens with two attached hydrogens (primary N) is 4. The van der Waals surface area contributed by atoms with Gasteiger partial charge in [-0.25, -0.2) is 0 Å². The number of benzene rings is 6. The lowest BCUT2D eigenvalue weighted by Crippen LogP contribution is -2.09. The van der Waals surface area contributed by atoms with E-state index in [-0.39, 0.29) is 0 Å². The minimum atomic E-state index is 0.754. The highest BCUT2D eigenvalue weighted by atomic mass is 15.1. The third-order valence-electron chi connectivity index (χ3n) is 6.63. The summed E-state index contributed by atoms with van der Waals surface area (Å²) in [5.74, 6) is 0. The molecule has 0 atom stereocenters. The third-order valence-corrected chi connectivity index (χ3v) is 6.63. The van der Waals surface area contributed by atoms with E-state index in [4.69, 9.17) is 22.9 Å². The molecule has 42 heavy (non-hydrogen) atoms. The van der Waals surface area contributed by atoms with E-state index >= 15 is 0 Å². The van der Waals surface area contributed by atoms with Gasteiger partial charge in [-0.1, -0.05) is 36.4 Å². The topological polar surface area (TPSA) is 111 Å². The summed E-state index contributed by atoms with van der Waals surface area (Å²) < 4.78 is 0. The van der Waals surface area contributed by atoms with Crippen molar-refractivity contribution in [2.45, 2.75) is 0 Å². The zero-order valence-electron chi connectivity index (χ0n) is 23.2. The Morgan fingerprint density at radius 2 is 0.429 bits per heavy atom. The number of hydrogen-bond acceptors (Lipinski definition) is 6. The highest BCUT2D eigenvalue weighted by Gasteiger charge is 2.12. The highest BCUT2D eigenvalue weighted by molar-refractivity contribution is 5.79. The van der Waals surface area contributed by atoms with E-state index in [1.807, 2.05) is 133 Å². The molecule has 0 spiro atoms. The van der Waals surface area contributed by atoms with E-state index in [0.29, 0.717) is 0 Å². The fraction of sp³-hybridized carbons (Fsp3) is 0. The highest BCUT2D eigenvalue weighted by Crippen LogP contribution is 2.36. The third kappa shape index (κ3) is 6.81. The lowest BCUT2D eigenvalue weighted by atomic mass is 10.2. The van der Waals surface area contributed by atoms with Crippen LogP contribution in [0.15, 0.2) is 158 Å². The molecular weight excluding hydrogens is 516 g/mol. The molecule has 6 aromatic rings. The molecule has 6 nitrogen and oxygen atoms in total. The van der Waals surface area contributed by atoms with Crippen LogP contribution in [0, 0.1) is 0 Å². The second-order valence-corrected chi connectivity index (χ2v) is 9.71. The van der Waals surface area contributed by atoms with Crippen LogP contribution in [0.4, 0.5) is 56.9 Å². The SMILES string of the molecule is Nc1ccc(N(c2ccccc2)c2ccc(N)cc2)cc1.Nc1ccc(N(c2ccccc2)c2ccc(N)cc2)cc1. The van der Waals surface area contributed by atoms with Crippen molar-refractivity contribution in [3.63, 3.8) is 0 Å². The predicted octanol–water partition coefficient (Wildman–Crippen LogP) is 8.64. The average Bonchev–Trinajstić information content (AvgIpc) is 3.03. The minimum absolute atomic E-state index is 0.754. The smallest absolute Gasteiger partial charge is 0.0463 e. The van der Waals surface area contributed by atoms with Crippen molar-refractivity contribution in [1.82, 2.24) is 0 Å². The number of nitrogens with zero attached hydrogens (tertiary/aromatic N) is 2. The maximum Gasteiger partial charge on any atom is 0.0463 e. The van der Waals surface area contributed by atoms with Crippen LogP contribution in [0.1, 0.15) is 0 Å². The fourth-order valence-electron chi connectivity index (χ4n) is 4.54. The van der Waals surface area contributed by atoms with Gasteiger partial charge < -0.3 is 32.7 Å². The molecule has 0 fully saturated rings. The Morgan fingerprint density at radius 1 is 0.238 bits per heavy atom. The summed E-state index contributed by atoms with van der Waals surface area (Å²) in [6, 6.07) is 51.8. The molecule has 6 rings (SSSR count). The van der Waals surface area contributed by atoms with Gasteiger partial charge in [0.15, 0.2) is 0 Å². The van der Waals surface area contributed by atoms with Gasteiger partial charge in [0.1, 0.15) is 0 Å². The summed E-state index contributed by atoms with van der Waals surface area (Å²) in [5.41, 5.74) is 32.6. The van der Waals surface area contributed by atoms with Crippen molar-refractivity contribution < 1.29 is 0 Å². The van der Waals surface area contributed by atoms with Crippen LogP contribution in [0.2, 0.25) is 0 Å². The van der Waals surface area contributed by atoms with Crippen molar-refractivity contribution in [1.29, 1.82) is 0 Å². The van der Waals surface area contributed by atoms with Crippen LogP contribution in [0.3, 0.4) is 0 Å². The van der Waals surface area contributed by atoms with E-state index in [1.165, 1.54) is 0 Å². The van der Waals surface area contributed by atoms with Crippen molar-refractivity contribution in [3.8, 4) is 0 Å². The normalized spacial score (nSPS) is 10.3. The number of anilines is 10. The molecule has 0 heterocycles. The molecule has 0 radical (unpaired) electrons. The molecule has 0 aromatic heterocycles. The number of rotatable bonds is 6. The summed E-state index contributed by atoms with van der Waals surface area (Å²) in [5, 5.41) is 0. The second kappa shape index (κ2) is 13.0. The van der Waals surface area contributed by atoms with E-state index in [1.54, 1.807) is 0 Å². The summed E-state index contributed by atoms with van der Waals surface area (Å²) >= 11 is 0. The Balaban J connectivity index is 0.000000168. The maximum absolute atomic E-state index is 5.79. The molecule has 0 aliphatic heterocycles. The van der Waals surface area contributed by atoms with Crippen molar-refractivity contribution in [2.24, 2.45) is 0 Å². The number of para-hydroxylation sites is 2. The van der Waals surface area contributed by atoms with Crippen molar-refractivity contribution in [3.05, 3.63) is 158 Å². The first-order chi connectivity index (χ1) is 20.5. The van der Waals surface area contributed by atoms with Crippen LogP contribution in [-0.2, 0) is 0 Å². The summed E-state index contributed by atoms with van der Waals surface area (Å²) in [4.78, 5) is 4.33. The lowest BCUT2D eigenvalue weighted by molar-refractivity contribution is 1.28.